The summed E-state index contributed by atoms with van der Waals surface area (Å²) in [6.07, 6.45) is 3.63. The van der Waals surface area contributed by atoms with Crippen molar-refractivity contribution in [1.29, 1.82) is 0 Å². The van der Waals surface area contributed by atoms with E-state index in [4.69, 9.17) is 0 Å². The maximum absolute atomic E-state index is 13.3. The van der Waals surface area contributed by atoms with Crippen molar-refractivity contribution >= 4 is 0 Å². The molecule has 1 unspecified atom stereocenters. The summed E-state index contributed by atoms with van der Waals surface area (Å²) in [4.78, 5) is 0. The van der Waals surface area contributed by atoms with Crippen molar-refractivity contribution < 1.29 is 4.39 Å². The molecule has 1 nitrogen and oxygen atoms in total. The number of benzene rings is 1. The van der Waals surface area contributed by atoms with Gasteiger partial charge in [0.05, 0.1) is 0 Å². The Morgan fingerprint density at radius 2 is 2.11 bits per heavy atom. The fourth-order valence-electron chi connectivity index (χ4n) is 2.89. The highest BCUT2D eigenvalue weighted by Crippen LogP contribution is 2.47. The number of rotatable bonds is 7. The van der Waals surface area contributed by atoms with Gasteiger partial charge in [0.2, 0.25) is 0 Å². The first-order chi connectivity index (χ1) is 8.99. The van der Waals surface area contributed by atoms with E-state index in [0.29, 0.717) is 5.92 Å². The quantitative estimate of drug-likeness (QED) is 0.783. The molecule has 1 aromatic carbocycles. The smallest absolute Gasteiger partial charge is 0.123 e. The zero-order valence-corrected chi connectivity index (χ0v) is 12.4. The number of hydrogen-bond acceptors (Lipinski definition) is 1. The lowest BCUT2D eigenvalue weighted by molar-refractivity contribution is 0.252. The third-order valence-corrected chi connectivity index (χ3v) is 4.14. The van der Waals surface area contributed by atoms with Crippen LogP contribution in [0, 0.1) is 23.1 Å². The third kappa shape index (κ3) is 4.31. The predicted molar refractivity (Wildman–Crippen MR) is 78.6 cm³/mol. The van der Waals surface area contributed by atoms with Gasteiger partial charge in [-0.1, -0.05) is 32.9 Å². The Labute approximate surface area is 116 Å². The number of hydrogen-bond donors (Lipinski definition) is 1. The Morgan fingerprint density at radius 1 is 1.37 bits per heavy atom. The molecule has 2 heteroatoms. The summed E-state index contributed by atoms with van der Waals surface area (Å²) >= 11 is 0. The van der Waals surface area contributed by atoms with Crippen molar-refractivity contribution in [2.45, 2.75) is 40.0 Å². The van der Waals surface area contributed by atoms with Gasteiger partial charge in [0, 0.05) is 6.54 Å². The molecule has 0 saturated heterocycles. The van der Waals surface area contributed by atoms with Gasteiger partial charge < -0.3 is 5.32 Å². The van der Waals surface area contributed by atoms with Crippen LogP contribution in [0.4, 0.5) is 4.39 Å². The molecule has 0 bridgehead atoms. The largest absolute Gasteiger partial charge is 0.316 e. The predicted octanol–water partition coefficient (Wildman–Crippen LogP) is 4.03. The van der Waals surface area contributed by atoms with Gasteiger partial charge >= 0.3 is 0 Å². The minimum atomic E-state index is -0.120. The zero-order chi connectivity index (χ0) is 13.9. The SMILES string of the molecule is CC(C)CNCC(C)(Cc1cccc(F)c1)C1CC1. The molecule has 2 rings (SSSR count). The Balaban J connectivity index is 1.98. The molecule has 0 aromatic heterocycles. The normalized spacial score (nSPS) is 18.6. The van der Waals surface area contributed by atoms with Crippen LogP contribution in [0.3, 0.4) is 0 Å². The van der Waals surface area contributed by atoms with E-state index in [1.54, 1.807) is 6.07 Å². The van der Waals surface area contributed by atoms with E-state index < -0.39 is 0 Å². The van der Waals surface area contributed by atoms with Crippen LogP contribution >= 0.6 is 0 Å². The van der Waals surface area contributed by atoms with E-state index in [1.165, 1.54) is 18.9 Å². The Morgan fingerprint density at radius 3 is 2.68 bits per heavy atom. The second-order valence-electron chi connectivity index (χ2n) is 6.76. The fourth-order valence-corrected chi connectivity index (χ4v) is 2.89. The summed E-state index contributed by atoms with van der Waals surface area (Å²) in [5.41, 5.74) is 1.39. The molecule has 19 heavy (non-hydrogen) atoms. The van der Waals surface area contributed by atoms with Crippen LogP contribution in [-0.4, -0.2) is 13.1 Å². The maximum atomic E-state index is 13.3. The zero-order valence-electron chi connectivity index (χ0n) is 12.4. The second kappa shape index (κ2) is 6.04. The topological polar surface area (TPSA) is 12.0 Å². The lowest BCUT2D eigenvalue weighted by atomic mass is 9.78. The van der Waals surface area contributed by atoms with Crippen molar-refractivity contribution in [3.05, 3.63) is 35.6 Å². The van der Waals surface area contributed by atoms with Crippen LogP contribution in [-0.2, 0) is 6.42 Å². The number of halogens is 1. The van der Waals surface area contributed by atoms with Crippen molar-refractivity contribution in [1.82, 2.24) is 5.32 Å². The van der Waals surface area contributed by atoms with Gasteiger partial charge in [-0.3, -0.25) is 0 Å². The molecule has 1 atom stereocenters. The first-order valence-corrected chi connectivity index (χ1v) is 7.45. The Bertz CT molecular complexity index is 411. The highest BCUT2D eigenvalue weighted by molar-refractivity contribution is 5.19. The highest BCUT2D eigenvalue weighted by atomic mass is 19.1. The van der Waals surface area contributed by atoms with E-state index >= 15 is 0 Å². The third-order valence-electron chi connectivity index (χ3n) is 4.14. The molecule has 0 amide bonds. The van der Waals surface area contributed by atoms with E-state index in [1.807, 2.05) is 12.1 Å². The van der Waals surface area contributed by atoms with Crippen molar-refractivity contribution in [2.24, 2.45) is 17.3 Å². The average molecular weight is 263 g/mol. The second-order valence-corrected chi connectivity index (χ2v) is 6.76. The summed E-state index contributed by atoms with van der Waals surface area (Å²) in [5, 5.41) is 3.59. The Hall–Kier alpha value is -0.890. The molecule has 1 aliphatic carbocycles. The van der Waals surface area contributed by atoms with Gasteiger partial charge in [-0.2, -0.15) is 0 Å². The lowest BCUT2D eigenvalue weighted by Crippen LogP contribution is -2.37. The monoisotopic (exact) mass is 263 g/mol. The van der Waals surface area contributed by atoms with Crippen LogP contribution in [0.5, 0.6) is 0 Å². The first-order valence-electron chi connectivity index (χ1n) is 7.45. The van der Waals surface area contributed by atoms with Gasteiger partial charge in [-0.05, 0) is 60.8 Å². The van der Waals surface area contributed by atoms with Crippen molar-refractivity contribution in [2.75, 3.05) is 13.1 Å². The molecule has 1 N–H and O–H groups in total. The first kappa shape index (κ1) is 14.5. The van der Waals surface area contributed by atoms with Crippen LogP contribution in [0.2, 0.25) is 0 Å². The van der Waals surface area contributed by atoms with Gasteiger partial charge in [-0.25, -0.2) is 4.39 Å². The van der Waals surface area contributed by atoms with Crippen LogP contribution in [0.15, 0.2) is 24.3 Å². The lowest BCUT2D eigenvalue weighted by Gasteiger charge is -2.31. The molecule has 106 valence electrons. The molecule has 0 aliphatic heterocycles. The molecule has 0 radical (unpaired) electrons. The van der Waals surface area contributed by atoms with Gasteiger partial charge in [0.25, 0.3) is 0 Å². The van der Waals surface area contributed by atoms with Gasteiger partial charge in [-0.15, -0.1) is 0 Å². The molecule has 1 saturated carbocycles. The van der Waals surface area contributed by atoms with Gasteiger partial charge in [0.15, 0.2) is 0 Å². The van der Waals surface area contributed by atoms with Crippen molar-refractivity contribution in [3.63, 3.8) is 0 Å². The highest BCUT2D eigenvalue weighted by Gasteiger charge is 2.41. The molecule has 1 aromatic rings. The summed E-state index contributed by atoms with van der Waals surface area (Å²) < 4.78 is 13.3. The Kier molecular flexibility index (Phi) is 4.62. The maximum Gasteiger partial charge on any atom is 0.123 e. The summed E-state index contributed by atoms with van der Waals surface area (Å²) in [5.74, 6) is 1.36. The minimum Gasteiger partial charge on any atom is -0.316 e. The molecule has 1 fully saturated rings. The average Bonchev–Trinajstić information content (AvgIpc) is 3.12. The molecule has 0 heterocycles. The van der Waals surface area contributed by atoms with E-state index in [2.05, 4.69) is 26.1 Å². The van der Waals surface area contributed by atoms with E-state index in [0.717, 1.165) is 31.0 Å². The van der Waals surface area contributed by atoms with Crippen LogP contribution in [0.25, 0.3) is 0 Å². The molecular weight excluding hydrogens is 237 g/mol. The van der Waals surface area contributed by atoms with Crippen molar-refractivity contribution in [3.8, 4) is 0 Å². The summed E-state index contributed by atoms with van der Waals surface area (Å²) in [6, 6.07) is 7.07. The van der Waals surface area contributed by atoms with Crippen LogP contribution < -0.4 is 5.32 Å². The van der Waals surface area contributed by atoms with E-state index in [-0.39, 0.29) is 11.2 Å². The summed E-state index contributed by atoms with van der Waals surface area (Å²) in [7, 11) is 0. The minimum absolute atomic E-state index is 0.120. The number of nitrogens with one attached hydrogen (secondary N) is 1. The van der Waals surface area contributed by atoms with Crippen LogP contribution in [0.1, 0.15) is 39.2 Å². The molecular formula is C17H26FN. The standard InChI is InChI=1S/C17H26FN/c1-13(2)11-19-12-17(3,15-7-8-15)10-14-5-4-6-16(18)9-14/h4-6,9,13,15,19H,7-8,10-12H2,1-3H3. The van der Waals surface area contributed by atoms with Gasteiger partial charge in [0.1, 0.15) is 5.82 Å². The molecule has 0 spiro atoms. The molecule has 1 aliphatic rings. The summed E-state index contributed by atoms with van der Waals surface area (Å²) in [6.45, 7) is 8.91. The van der Waals surface area contributed by atoms with E-state index in [9.17, 15) is 4.39 Å². The fraction of sp³-hybridized carbons (Fsp3) is 0.647.